The molecule has 0 atom stereocenters. The summed E-state index contributed by atoms with van der Waals surface area (Å²) in [6, 6.07) is 10.8. The van der Waals surface area contributed by atoms with Crippen LogP contribution in [0.1, 0.15) is 11.1 Å². The SMILES string of the molecule is Cc1cc(OCC(=O)Nc2ccc(N)cc2)cc(C)c1Br. The average molecular weight is 349 g/mol. The maximum absolute atomic E-state index is 11.8. The Hall–Kier alpha value is -2.01. The van der Waals surface area contributed by atoms with Gasteiger partial charge in [-0.2, -0.15) is 0 Å². The van der Waals surface area contributed by atoms with Crippen LogP contribution in [0.5, 0.6) is 5.75 Å². The van der Waals surface area contributed by atoms with Crippen molar-refractivity contribution >= 4 is 33.2 Å². The van der Waals surface area contributed by atoms with E-state index < -0.39 is 0 Å². The van der Waals surface area contributed by atoms with Gasteiger partial charge in [-0.15, -0.1) is 0 Å². The highest BCUT2D eigenvalue weighted by Crippen LogP contribution is 2.26. The molecule has 5 heteroatoms. The highest BCUT2D eigenvalue weighted by molar-refractivity contribution is 9.10. The van der Waals surface area contributed by atoms with Gasteiger partial charge < -0.3 is 15.8 Å². The monoisotopic (exact) mass is 348 g/mol. The Morgan fingerprint density at radius 3 is 2.33 bits per heavy atom. The van der Waals surface area contributed by atoms with E-state index in [0.717, 1.165) is 15.6 Å². The van der Waals surface area contributed by atoms with Gasteiger partial charge >= 0.3 is 0 Å². The molecule has 4 nitrogen and oxygen atoms in total. The van der Waals surface area contributed by atoms with Crippen LogP contribution in [-0.2, 0) is 4.79 Å². The van der Waals surface area contributed by atoms with Gasteiger partial charge in [0.15, 0.2) is 6.61 Å². The van der Waals surface area contributed by atoms with Crippen molar-refractivity contribution in [1.82, 2.24) is 0 Å². The second-order valence-electron chi connectivity index (χ2n) is 4.83. The summed E-state index contributed by atoms with van der Waals surface area (Å²) in [5, 5.41) is 2.75. The normalized spacial score (nSPS) is 10.2. The van der Waals surface area contributed by atoms with Crippen LogP contribution in [0.3, 0.4) is 0 Å². The Morgan fingerprint density at radius 1 is 1.19 bits per heavy atom. The molecule has 0 fully saturated rings. The minimum Gasteiger partial charge on any atom is -0.484 e. The molecule has 0 bridgehead atoms. The van der Waals surface area contributed by atoms with E-state index in [-0.39, 0.29) is 12.5 Å². The van der Waals surface area contributed by atoms with Crippen LogP contribution in [0.2, 0.25) is 0 Å². The van der Waals surface area contributed by atoms with E-state index in [0.29, 0.717) is 17.1 Å². The van der Waals surface area contributed by atoms with E-state index >= 15 is 0 Å². The summed E-state index contributed by atoms with van der Waals surface area (Å²) in [5.41, 5.74) is 9.09. The van der Waals surface area contributed by atoms with Crippen molar-refractivity contribution in [1.29, 1.82) is 0 Å². The molecule has 21 heavy (non-hydrogen) atoms. The number of rotatable bonds is 4. The topological polar surface area (TPSA) is 64.3 Å². The number of amides is 1. The highest BCUT2D eigenvalue weighted by Gasteiger charge is 2.06. The van der Waals surface area contributed by atoms with E-state index in [1.54, 1.807) is 24.3 Å². The molecular formula is C16H17BrN2O2. The summed E-state index contributed by atoms with van der Waals surface area (Å²) in [6.07, 6.45) is 0. The summed E-state index contributed by atoms with van der Waals surface area (Å²) >= 11 is 3.50. The Kier molecular flexibility index (Phi) is 4.85. The number of nitrogens with two attached hydrogens (primary N) is 1. The quantitative estimate of drug-likeness (QED) is 0.828. The second-order valence-corrected chi connectivity index (χ2v) is 5.62. The van der Waals surface area contributed by atoms with Gasteiger partial charge in [0.25, 0.3) is 5.91 Å². The van der Waals surface area contributed by atoms with Crippen LogP contribution < -0.4 is 15.8 Å². The molecule has 110 valence electrons. The van der Waals surface area contributed by atoms with Crippen LogP contribution in [0.25, 0.3) is 0 Å². The lowest BCUT2D eigenvalue weighted by Gasteiger charge is -2.10. The van der Waals surface area contributed by atoms with Crippen LogP contribution >= 0.6 is 15.9 Å². The standard InChI is InChI=1S/C16H17BrN2O2/c1-10-7-14(8-11(2)16(10)17)21-9-15(20)19-13-5-3-12(18)4-6-13/h3-8H,9,18H2,1-2H3,(H,19,20). The van der Waals surface area contributed by atoms with Crippen molar-refractivity contribution in [2.75, 3.05) is 17.7 Å². The number of aryl methyl sites for hydroxylation is 2. The smallest absolute Gasteiger partial charge is 0.262 e. The number of anilines is 2. The van der Waals surface area contributed by atoms with E-state index in [4.69, 9.17) is 10.5 Å². The lowest BCUT2D eigenvalue weighted by atomic mass is 10.1. The Balaban J connectivity index is 1.93. The van der Waals surface area contributed by atoms with Crippen LogP contribution in [0.4, 0.5) is 11.4 Å². The van der Waals surface area contributed by atoms with E-state index in [1.807, 2.05) is 26.0 Å². The maximum Gasteiger partial charge on any atom is 0.262 e. The van der Waals surface area contributed by atoms with Gasteiger partial charge in [-0.3, -0.25) is 4.79 Å². The summed E-state index contributed by atoms with van der Waals surface area (Å²) in [6.45, 7) is 3.93. The summed E-state index contributed by atoms with van der Waals surface area (Å²) in [5.74, 6) is 0.471. The Morgan fingerprint density at radius 2 is 1.76 bits per heavy atom. The first kappa shape index (κ1) is 15.4. The zero-order valence-electron chi connectivity index (χ0n) is 11.9. The molecule has 0 unspecified atom stereocenters. The minimum atomic E-state index is -0.210. The molecule has 0 aliphatic rings. The molecule has 0 radical (unpaired) electrons. The van der Waals surface area contributed by atoms with Crippen molar-refractivity contribution in [3.05, 3.63) is 52.0 Å². The number of carbonyl (C=O) groups is 1. The lowest BCUT2D eigenvalue weighted by molar-refractivity contribution is -0.118. The lowest BCUT2D eigenvalue weighted by Crippen LogP contribution is -2.20. The summed E-state index contributed by atoms with van der Waals surface area (Å²) in [4.78, 5) is 11.8. The first-order valence-corrected chi connectivity index (χ1v) is 7.30. The number of hydrogen-bond donors (Lipinski definition) is 2. The first-order valence-electron chi connectivity index (χ1n) is 6.50. The van der Waals surface area contributed by atoms with Gasteiger partial charge in [0.2, 0.25) is 0 Å². The number of halogens is 1. The third-order valence-corrected chi connectivity index (χ3v) is 4.23. The molecule has 2 aromatic rings. The molecule has 0 aromatic heterocycles. The number of benzene rings is 2. The fraction of sp³-hybridized carbons (Fsp3) is 0.188. The maximum atomic E-state index is 11.8. The summed E-state index contributed by atoms with van der Waals surface area (Å²) in [7, 11) is 0. The van der Waals surface area contributed by atoms with E-state index in [9.17, 15) is 4.79 Å². The number of ether oxygens (including phenoxy) is 1. The fourth-order valence-corrected chi connectivity index (χ4v) is 2.13. The van der Waals surface area contributed by atoms with Crippen molar-refractivity contribution in [2.45, 2.75) is 13.8 Å². The van der Waals surface area contributed by atoms with Gasteiger partial charge in [-0.05, 0) is 61.4 Å². The first-order chi connectivity index (χ1) is 9.95. The van der Waals surface area contributed by atoms with Gasteiger partial charge in [-0.1, -0.05) is 15.9 Å². The number of nitrogen functional groups attached to an aromatic ring is 1. The molecule has 0 saturated carbocycles. The zero-order chi connectivity index (χ0) is 15.4. The fourth-order valence-electron chi connectivity index (χ4n) is 1.90. The van der Waals surface area contributed by atoms with Gasteiger partial charge in [0.05, 0.1) is 0 Å². The van der Waals surface area contributed by atoms with Gasteiger partial charge in [0.1, 0.15) is 5.75 Å². The third kappa shape index (κ3) is 4.23. The van der Waals surface area contributed by atoms with E-state index in [1.165, 1.54) is 0 Å². The minimum absolute atomic E-state index is 0.0368. The van der Waals surface area contributed by atoms with Crippen LogP contribution in [-0.4, -0.2) is 12.5 Å². The van der Waals surface area contributed by atoms with Crippen LogP contribution in [0.15, 0.2) is 40.9 Å². The van der Waals surface area contributed by atoms with Crippen molar-refractivity contribution in [3.8, 4) is 5.75 Å². The average Bonchev–Trinajstić information content (AvgIpc) is 2.45. The van der Waals surface area contributed by atoms with Crippen LogP contribution in [0, 0.1) is 13.8 Å². The largest absolute Gasteiger partial charge is 0.484 e. The number of nitrogens with one attached hydrogen (secondary N) is 1. The second kappa shape index (κ2) is 6.63. The molecule has 0 spiro atoms. The number of carbonyl (C=O) groups excluding carboxylic acids is 1. The zero-order valence-corrected chi connectivity index (χ0v) is 13.5. The number of hydrogen-bond acceptors (Lipinski definition) is 3. The Bertz CT molecular complexity index is 631. The Labute approximate surface area is 132 Å². The molecule has 2 aromatic carbocycles. The third-order valence-electron chi connectivity index (χ3n) is 2.97. The molecule has 0 saturated heterocycles. The molecule has 0 aliphatic carbocycles. The van der Waals surface area contributed by atoms with E-state index in [2.05, 4.69) is 21.2 Å². The molecule has 0 aliphatic heterocycles. The molecule has 0 heterocycles. The van der Waals surface area contributed by atoms with Crippen molar-refractivity contribution < 1.29 is 9.53 Å². The predicted molar refractivity (Wildman–Crippen MR) is 88.6 cm³/mol. The van der Waals surface area contributed by atoms with Gasteiger partial charge in [0, 0.05) is 15.8 Å². The molecule has 2 rings (SSSR count). The van der Waals surface area contributed by atoms with Crippen molar-refractivity contribution in [2.24, 2.45) is 0 Å². The van der Waals surface area contributed by atoms with Gasteiger partial charge in [-0.25, -0.2) is 0 Å². The summed E-state index contributed by atoms with van der Waals surface area (Å²) < 4.78 is 6.58. The van der Waals surface area contributed by atoms with Crippen molar-refractivity contribution in [3.63, 3.8) is 0 Å². The molecular weight excluding hydrogens is 332 g/mol. The highest BCUT2D eigenvalue weighted by atomic mass is 79.9. The molecule has 3 N–H and O–H groups in total. The molecule has 1 amide bonds. The predicted octanol–water partition coefficient (Wildman–Crippen LogP) is 3.67.